The van der Waals surface area contributed by atoms with Crippen molar-refractivity contribution in [1.82, 2.24) is 5.32 Å². The zero-order valence-electron chi connectivity index (χ0n) is 11.8. The predicted molar refractivity (Wildman–Crippen MR) is 90.3 cm³/mol. The average molecular weight is 311 g/mol. The molecule has 22 heavy (non-hydrogen) atoms. The second kappa shape index (κ2) is 6.62. The standard InChI is InChI=1S/C18H14FNOS/c19-16-4-2-1-3-15(16)10-9-13-5-7-14(8-6-13)11-18-20-17(21)12-22-18/h1-11H,12H2,(H,20,21)/b10-9?,18-11+. The number of amides is 1. The second-order valence-corrected chi connectivity index (χ2v) is 5.88. The maximum atomic E-state index is 13.5. The molecule has 0 atom stereocenters. The molecule has 1 saturated heterocycles. The Hall–Kier alpha value is -2.33. The van der Waals surface area contributed by atoms with Crippen molar-refractivity contribution in [1.29, 1.82) is 0 Å². The van der Waals surface area contributed by atoms with Crippen LogP contribution in [0.15, 0.2) is 53.6 Å². The molecule has 1 heterocycles. The Kier molecular flexibility index (Phi) is 4.39. The van der Waals surface area contributed by atoms with Gasteiger partial charge in [-0.2, -0.15) is 0 Å². The molecule has 4 heteroatoms. The van der Waals surface area contributed by atoms with E-state index in [4.69, 9.17) is 0 Å². The Bertz CT molecular complexity index is 750. The lowest BCUT2D eigenvalue weighted by molar-refractivity contribution is -0.117. The highest BCUT2D eigenvalue weighted by molar-refractivity contribution is 8.04. The second-order valence-electron chi connectivity index (χ2n) is 4.87. The van der Waals surface area contributed by atoms with Crippen molar-refractivity contribution in [3.05, 3.63) is 76.1 Å². The number of thioether (sulfide) groups is 1. The lowest BCUT2D eigenvalue weighted by Crippen LogP contribution is -2.13. The van der Waals surface area contributed by atoms with Crippen molar-refractivity contribution in [2.24, 2.45) is 0 Å². The fourth-order valence-electron chi connectivity index (χ4n) is 2.08. The molecule has 0 aromatic heterocycles. The molecule has 0 saturated carbocycles. The fourth-order valence-corrected chi connectivity index (χ4v) is 2.85. The maximum absolute atomic E-state index is 13.5. The van der Waals surface area contributed by atoms with E-state index in [1.54, 1.807) is 18.2 Å². The molecular weight excluding hydrogens is 297 g/mol. The summed E-state index contributed by atoms with van der Waals surface area (Å²) in [6.07, 6.45) is 5.58. The van der Waals surface area contributed by atoms with Crippen LogP contribution < -0.4 is 5.32 Å². The summed E-state index contributed by atoms with van der Waals surface area (Å²) in [7, 11) is 0. The third-order valence-corrected chi connectivity index (χ3v) is 4.15. The van der Waals surface area contributed by atoms with Gasteiger partial charge in [-0.25, -0.2) is 4.39 Å². The number of carbonyl (C=O) groups is 1. The number of nitrogens with one attached hydrogen (secondary N) is 1. The Morgan fingerprint density at radius 2 is 1.73 bits per heavy atom. The van der Waals surface area contributed by atoms with Crippen molar-refractivity contribution in [2.45, 2.75) is 0 Å². The largest absolute Gasteiger partial charge is 0.320 e. The Morgan fingerprint density at radius 3 is 2.41 bits per heavy atom. The summed E-state index contributed by atoms with van der Waals surface area (Å²) in [5, 5.41) is 3.67. The van der Waals surface area contributed by atoms with Crippen molar-refractivity contribution in [3.63, 3.8) is 0 Å². The summed E-state index contributed by atoms with van der Waals surface area (Å²) >= 11 is 1.50. The molecule has 3 rings (SSSR count). The van der Waals surface area contributed by atoms with Gasteiger partial charge >= 0.3 is 0 Å². The smallest absolute Gasteiger partial charge is 0.235 e. The first kappa shape index (κ1) is 14.6. The summed E-state index contributed by atoms with van der Waals surface area (Å²) in [6, 6.07) is 14.5. The first-order valence-electron chi connectivity index (χ1n) is 6.88. The summed E-state index contributed by atoms with van der Waals surface area (Å²) in [6.45, 7) is 0. The van der Waals surface area contributed by atoms with Gasteiger partial charge in [0.25, 0.3) is 0 Å². The summed E-state index contributed by atoms with van der Waals surface area (Å²) in [5.74, 6) is 0.296. The van der Waals surface area contributed by atoms with Gasteiger partial charge in [0.15, 0.2) is 0 Å². The van der Waals surface area contributed by atoms with E-state index in [0.717, 1.165) is 16.2 Å². The molecule has 1 aliphatic heterocycles. The normalized spacial score (nSPS) is 16.4. The number of rotatable bonds is 3. The van der Waals surface area contributed by atoms with Gasteiger partial charge in [-0.1, -0.05) is 66.4 Å². The molecule has 110 valence electrons. The fraction of sp³-hybridized carbons (Fsp3) is 0.0556. The van der Waals surface area contributed by atoms with E-state index in [-0.39, 0.29) is 11.7 Å². The van der Waals surface area contributed by atoms with Gasteiger partial charge in [0, 0.05) is 5.56 Å². The molecule has 2 nitrogen and oxygen atoms in total. The van der Waals surface area contributed by atoms with Crippen molar-refractivity contribution in [2.75, 3.05) is 5.75 Å². The number of halogens is 1. The third-order valence-electron chi connectivity index (χ3n) is 3.22. The minimum Gasteiger partial charge on any atom is -0.320 e. The summed E-state index contributed by atoms with van der Waals surface area (Å²) in [5.41, 5.74) is 2.58. The van der Waals surface area contributed by atoms with Gasteiger partial charge in [-0.05, 0) is 23.3 Å². The number of carbonyl (C=O) groups excluding carboxylic acids is 1. The third kappa shape index (κ3) is 3.65. The van der Waals surface area contributed by atoms with Crippen LogP contribution in [0.4, 0.5) is 4.39 Å². The quantitative estimate of drug-likeness (QED) is 0.863. The first-order chi connectivity index (χ1) is 10.7. The molecule has 0 bridgehead atoms. The Balaban J connectivity index is 1.72. The Labute approximate surface area is 132 Å². The highest BCUT2D eigenvalue weighted by Crippen LogP contribution is 2.22. The topological polar surface area (TPSA) is 29.1 Å². The van der Waals surface area contributed by atoms with Gasteiger partial charge in [-0.3, -0.25) is 4.79 Å². The van der Waals surface area contributed by atoms with Crippen LogP contribution in [0.25, 0.3) is 18.2 Å². The number of hydrogen-bond acceptors (Lipinski definition) is 2. The molecule has 1 amide bonds. The van der Waals surface area contributed by atoms with E-state index in [1.807, 2.05) is 42.5 Å². The highest BCUT2D eigenvalue weighted by atomic mass is 32.2. The molecule has 2 aromatic rings. The summed E-state index contributed by atoms with van der Waals surface area (Å²) < 4.78 is 13.5. The zero-order valence-corrected chi connectivity index (χ0v) is 12.6. The van der Waals surface area contributed by atoms with Crippen LogP contribution in [0, 0.1) is 5.82 Å². The predicted octanol–water partition coefficient (Wildman–Crippen LogP) is 4.16. The molecule has 1 aliphatic rings. The van der Waals surface area contributed by atoms with Crippen LogP contribution in [0.1, 0.15) is 16.7 Å². The lowest BCUT2D eigenvalue weighted by atomic mass is 10.1. The van der Waals surface area contributed by atoms with Crippen molar-refractivity contribution in [3.8, 4) is 0 Å². The first-order valence-corrected chi connectivity index (χ1v) is 7.86. The van der Waals surface area contributed by atoms with E-state index in [2.05, 4.69) is 5.32 Å². The number of hydrogen-bond donors (Lipinski definition) is 1. The SMILES string of the molecule is O=C1CS/C(=C/c2ccc(C=Cc3ccccc3F)cc2)N1. The minimum atomic E-state index is -0.228. The van der Waals surface area contributed by atoms with Crippen molar-refractivity contribution >= 4 is 35.9 Å². The highest BCUT2D eigenvalue weighted by Gasteiger charge is 2.14. The summed E-state index contributed by atoms with van der Waals surface area (Å²) in [4.78, 5) is 11.1. The maximum Gasteiger partial charge on any atom is 0.235 e. The van der Waals surface area contributed by atoms with Crippen LogP contribution in [0.2, 0.25) is 0 Å². The Morgan fingerprint density at radius 1 is 1.00 bits per heavy atom. The molecule has 1 N–H and O–H groups in total. The van der Waals surface area contributed by atoms with E-state index in [9.17, 15) is 9.18 Å². The van der Waals surface area contributed by atoms with Gasteiger partial charge < -0.3 is 5.32 Å². The van der Waals surface area contributed by atoms with Gasteiger partial charge in [0.05, 0.1) is 10.8 Å². The monoisotopic (exact) mass is 311 g/mol. The number of benzene rings is 2. The molecule has 0 radical (unpaired) electrons. The molecule has 0 spiro atoms. The van der Waals surface area contributed by atoms with Crippen LogP contribution in [0.5, 0.6) is 0 Å². The molecule has 1 fully saturated rings. The van der Waals surface area contributed by atoms with E-state index < -0.39 is 0 Å². The van der Waals surface area contributed by atoms with Crippen LogP contribution in [-0.2, 0) is 4.79 Å². The van der Waals surface area contributed by atoms with Gasteiger partial charge in [-0.15, -0.1) is 0 Å². The molecular formula is C18H14FNOS. The van der Waals surface area contributed by atoms with E-state index in [1.165, 1.54) is 17.8 Å². The van der Waals surface area contributed by atoms with Gasteiger partial charge in [0.1, 0.15) is 5.82 Å². The molecule has 0 unspecified atom stereocenters. The van der Waals surface area contributed by atoms with Crippen molar-refractivity contribution < 1.29 is 9.18 Å². The average Bonchev–Trinajstić information content (AvgIpc) is 2.93. The van der Waals surface area contributed by atoms with Crippen LogP contribution >= 0.6 is 11.8 Å². The zero-order chi connectivity index (χ0) is 15.4. The molecule has 2 aromatic carbocycles. The van der Waals surface area contributed by atoms with E-state index >= 15 is 0 Å². The van der Waals surface area contributed by atoms with Crippen LogP contribution in [0.3, 0.4) is 0 Å². The van der Waals surface area contributed by atoms with Crippen LogP contribution in [-0.4, -0.2) is 11.7 Å². The van der Waals surface area contributed by atoms with E-state index in [0.29, 0.717) is 11.3 Å². The minimum absolute atomic E-state index is 0.0423. The lowest BCUT2D eigenvalue weighted by Gasteiger charge is -1.99. The molecule has 0 aliphatic carbocycles. The van der Waals surface area contributed by atoms with Gasteiger partial charge in [0.2, 0.25) is 5.91 Å².